The first-order chi connectivity index (χ1) is 11.8. The number of rotatable bonds is 4. The maximum atomic E-state index is 12.9. The van der Waals surface area contributed by atoms with E-state index >= 15 is 0 Å². The molecule has 5 heteroatoms. The van der Waals surface area contributed by atoms with E-state index in [4.69, 9.17) is 4.74 Å². The molecule has 25 heavy (non-hydrogen) atoms. The predicted molar refractivity (Wildman–Crippen MR) is 103 cm³/mol. The maximum Gasteiger partial charge on any atom is 0.257 e. The highest BCUT2D eigenvalue weighted by Gasteiger charge is 2.20. The van der Waals surface area contributed by atoms with Gasteiger partial charge in [-0.3, -0.25) is 4.79 Å². The van der Waals surface area contributed by atoms with Gasteiger partial charge in [-0.1, -0.05) is 36.4 Å². The third-order valence-electron chi connectivity index (χ3n) is 4.39. The second-order valence-electron chi connectivity index (χ2n) is 6.11. The van der Waals surface area contributed by atoms with Gasteiger partial charge in [0.1, 0.15) is 12.4 Å². The van der Waals surface area contributed by atoms with Gasteiger partial charge in [-0.05, 0) is 43.1 Å². The molecule has 0 radical (unpaired) electrons. The smallest absolute Gasteiger partial charge is 0.257 e. The minimum absolute atomic E-state index is 0. The second-order valence-corrected chi connectivity index (χ2v) is 6.11. The highest BCUT2D eigenvalue weighted by atomic mass is 35.5. The number of para-hydroxylation sites is 1. The van der Waals surface area contributed by atoms with Gasteiger partial charge in [0, 0.05) is 19.6 Å². The van der Waals surface area contributed by atoms with Gasteiger partial charge in [-0.25, -0.2) is 0 Å². The highest BCUT2D eigenvalue weighted by molar-refractivity contribution is 5.97. The Kier molecular flexibility index (Phi) is 7.29. The molecule has 4 nitrogen and oxygen atoms in total. The fraction of sp³-hybridized carbons (Fsp3) is 0.350. The normalized spacial score (nSPS) is 14.4. The van der Waals surface area contributed by atoms with Crippen LogP contribution < -0.4 is 10.1 Å². The van der Waals surface area contributed by atoms with Crippen LogP contribution in [0, 0.1) is 6.92 Å². The van der Waals surface area contributed by atoms with Crippen molar-refractivity contribution in [1.29, 1.82) is 0 Å². The zero-order chi connectivity index (χ0) is 16.8. The lowest BCUT2D eigenvalue weighted by molar-refractivity contribution is 0.0761. The van der Waals surface area contributed by atoms with Gasteiger partial charge in [-0.2, -0.15) is 0 Å². The lowest BCUT2D eigenvalue weighted by Gasteiger charge is -2.21. The molecule has 1 saturated heterocycles. The van der Waals surface area contributed by atoms with Crippen LogP contribution in [0.1, 0.15) is 27.9 Å². The van der Waals surface area contributed by atoms with Gasteiger partial charge in [0.15, 0.2) is 0 Å². The van der Waals surface area contributed by atoms with Crippen LogP contribution in [-0.2, 0) is 6.61 Å². The summed E-state index contributed by atoms with van der Waals surface area (Å²) >= 11 is 0. The topological polar surface area (TPSA) is 41.6 Å². The maximum absolute atomic E-state index is 12.9. The SMILES string of the molecule is Cc1ccccc1COc1ccccc1C(=O)N1CCCNCC1.Cl. The van der Waals surface area contributed by atoms with E-state index in [0.717, 1.165) is 38.2 Å². The molecule has 0 spiro atoms. The Labute approximate surface area is 155 Å². The van der Waals surface area contributed by atoms with Crippen molar-refractivity contribution in [1.82, 2.24) is 10.2 Å². The van der Waals surface area contributed by atoms with Gasteiger partial charge in [0.25, 0.3) is 5.91 Å². The van der Waals surface area contributed by atoms with Crippen LogP contribution in [0.15, 0.2) is 48.5 Å². The van der Waals surface area contributed by atoms with Crippen molar-refractivity contribution in [3.63, 3.8) is 0 Å². The van der Waals surface area contributed by atoms with Crippen LogP contribution >= 0.6 is 12.4 Å². The zero-order valence-electron chi connectivity index (χ0n) is 14.5. The Balaban J connectivity index is 0.00000225. The van der Waals surface area contributed by atoms with Crippen molar-refractivity contribution in [2.45, 2.75) is 20.0 Å². The molecular weight excluding hydrogens is 336 g/mol. The quantitative estimate of drug-likeness (QED) is 0.908. The number of benzene rings is 2. The number of hydrogen-bond acceptors (Lipinski definition) is 3. The summed E-state index contributed by atoms with van der Waals surface area (Å²) < 4.78 is 5.98. The van der Waals surface area contributed by atoms with Crippen molar-refractivity contribution in [3.8, 4) is 5.75 Å². The molecule has 1 aliphatic rings. The van der Waals surface area contributed by atoms with Crippen molar-refractivity contribution >= 4 is 18.3 Å². The van der Waals surface area contributed by atoms with E-state index in [0.29, 0.717) is 17.9 Å². The third-order valence-corrected chi connectivity index (χ3v) is 4.39. The molecule has 3 rings (SSSR count). The molecule has 1 aliphatic heterocycles. The van der Waals surface area contributed by atoms with Crippen LogP contribution in [0.25, 0.3) is 0 Å². The summed E-state index contributed by atoms with van der Waals surface area (Å²) in [6, 6.07) is 15.7. The molecule has 1 N–H and O–H groups in total. The Hall–Kier alpha value is -2.04. The third kappa shape index (κ3) is 4.97. The number of hydrogen-bond donors (Lipinski definition) is 1. The predicted octanol–water partition coefficient (Wildman–Crippen LogP) is 3.43. The van der Waals surface area contributed by atoms with Crippen molar-refractivity contribution in [2.75, 3.05) is 26.2 Å². The lowest BCUT2D eigenvalue weighted by Crippen LogP contribution is -2.34. The molecule has 0 aliphatic carbocycles. The summed E-state index contributed by atoms with van der Waals surface area (Å²) in [4.78, 5) is 14.8. The number of amides is 1. The van der Waals surface area contributed by atoms with E-state index in [1.54, 1.807) is 0 Å². The van der Waals surface area contributed by atoms with E-state index < -0.39 is 0 Å². The first-order valence-electron chi connectivity index (χ1n) is 8.52. The van der Waals surface area contributed by atoms with Crippen molar-refractivity contribution < 1.29 is 9.53 Å². The fourth-order valence-electron chi connectivity index (χ4n) is 2.92. The number of carbonyl (C=O) groups excluding carboxylic acids is 1. The monoisotopic (exact) mass is 360 g/mol. The summed E-state index contributed by atoms with van der Waals surface area (Å²) in [5, 5.41) is 3.33. The van der Waals surface area contributed by atoms with E-state index in [-0.39, 0.29) is 18.3 Å². The van der Waals surface area contributed by atoms with E-state index in [2.05, 4.69) is 24.4 Å². The van der Waals surface area contributed by atoms with E-state index in [9.17, 15) is 4.79 Å². The summed E-state index contributed by atoms with van der Waals surface area (Å²) in [5.74, 6) is 0.710. The molecule has 0 bridgehead atoms. The number of aryl methyl sites for hydroxylation is 1. The summed E-state index contributed by atoms with van der Waals surface area (Å²) in [5.41, 5.74) is 2.98. The molecule has 0 aromatic heterocycles. The minimum atomic E-state index is 0. The van der Waals surface area contributed by atoms with Crippen LogP contribution in [0.5, 0.6) is 5.75 Å². The molecule has 0 saturated carbocycles. The van der Waals surface area contributed by atoms with Gasteiger partial charge in [0.05, 0.1) is 5.56 Å². The number of nitrogens with zero attached hydrogens (tertiary/aromatic N) is 1. The fourth-order valence-corrected chi connectivity index (χ4v) is 2.92. The van der Waals surface area contributed by atoms with Crippen molar-refractivity contribution in [3.05, 3.63) is 65.2 Å². The highest BCUT2D eigenvalue weighted by Crippen LogP contribution is 2.22. The second kappa shape index (κ2) is 9.44. The molecule has 134 valence electrons. The Morgan fingerprint density at radius 3 is 2.68 bits per heavy atom. The molecule has 1 fully saturated rings. The number of halogens is 1. The number of nitrogens with one attached hydrogen (secondary N) is 1. The van der Waals surface area contributed by atoms with Gasteiger partial charge in [0.2, 0.25) is 0 Å². The standard InChI is InChI=1S/C20H24N2O2.ClH/c1-16-7-2-3-8-17(16)15-24-19-10-5-4-9-18(19)20(23)22-13-6-11-21-12-14-22;/h2-5,7-10,21H,6,11-15H2,1H3;1H. The number of ether oxygens (including phenoxy) is 1. The molecule has 0 unspecified atom stereocenters. The van der Waals surface area contributed by atoms with E-state index in [1.165, 1.54) is 5.56 Å². The Bertz CT molecular complexity index is 698. The van der Waals surface area contributed by atoms with Crippen LogP contribution in [0.2, 0.25) is 0 Å². The Morgan fingerprint density at radius 1 is 1.08 bits per heavy atom. The first kappa shape index (κ1) is 19.3. The molecule has 2 aromatic carbocycles. The first-order valence-corrected chi connectivity index (χ1v) is 8.52. The van der Waals surface area contributed by atoms with Crippen molar-refractivity contribution in [2.24, 2.45) is 0 Å². The summed E-state index contributed by atoms with van der Waals surface area (Å²) in [6.07, 6.45) is 0.984. The van der Waals surface area contributed by atoms with E-state index in [1.807, 2.05) is 41.3 Å². The molecule has 1 heterocycles. The lowest BCUT2D eigenvalue weighted by atomic mass is 10.1. The van der Waals surface area contributed by atoms with Gasteiger partial charge in [-0.15, -0.1) is 12.4 Å². The van der Waals surface area contributed by atoms with Gasteiger partial charge < -0.3 is 15.0 Å². The van der Waals surface area contributed by atoms with Gasteiger partial charge >= 0.3 is 0 Å². The Morgan fingerprint density at radius 2 is 1.84 bits per heavy atom. The molecule has 2 aromatic rings. The number of carbonyl (C=O) groups is 1. The zero-order valence-corrected chi connectivity index (χ0v) is 15.3. The van der Waals surface area contributed by atoms with Crippen LogP contribution in [0.3, 0.4) is 0 Å². The summed E-state index contributed by atoms with van der Waals surface area (Å²) in [6.45, 7) is 5.88. The molecule has 1 amide bonds. The van der Waals surface area contributed by atoms with Crippen LogP contribution in [0.4, 0.5) is 0 Å². The largest absolute Gasteiger partial charge is 0.488 e. The van der Waals surface area contributed by atoms with Crippen LogP contribution in [-0.4, -0.2) is 37.0 Å². The summed E-state index contributed by atoms with van der Waals surface area (Å²) in [7, 11) is 0. The molecule has 0 atom stereocenters. The average molecular weight is 361 g/mol. The average Bonchev–Trinajstić information content (AvgIpc) is 2.90. The minimum Gasteiger partial charge on any atom is -0.488 e. The molecular formula is C20H25ClN2O2.